The van der Waals surface area contributed by atoms with E-state index in [1.165, 1.54) is 26.2 Å². The maximum Gasteiger partial charge on any atom is 0.384 e. The van der Waals surface area contributed by atoms with Gasteiger partial charge < -0.3 is 24.0 Å². The predicted molar refractivity (Wildman–Crippen MR) is 133 cm³/mol. The van der Waals surface area contributed by atoms with Gasteiger partial charge in [0.25, 0.3) is 0 Å². The number of rotatable bonds is 10. The van der Waals surface area contributed by atoms with Gasteiger partial charge in [-0.3, -0.25) is 0 Å². The molecule has 2 aromatic carbocycles. The molecular weight excluding hydrogens is 472 g/mol. The lowest BCUT2D eigenvalue weighted by Crippen LogP contribution is -2.43. The van der Waals surface area contributed by atoms with Crippen molar-refractivity contribution in [2.45, 2.75) is 45.1 Å². The molecule has 190 valence electrons. The summed E-state index contributed by atoms with van der Waals surface area (Å²) < 4.78 is 36.2. The van der Waals surface area contributed by atoms with Crippen molar-refractivity contribution in [1.29, 1.82) is 0 Å². The number of carbonyl (C=O) groups excluding carboxylic acids is 1. The van der Waals surface area contributed by atoms with E-state index >= 15 is 0 Å². The first kappa shape index (κ1) is 26.4. The van der Waals surface area contributed by atoms with Crippen LogP contribution in [0, 0.1) is 0 Å². The number of aryl methyl sites for hydroxylation is 1. The molecular formula is C25H32N2O7S. The molecule has 0 radical (unpaired) electrons. The Balaban J connectivity index is 1.85. The van der Waals surface area contributed by atoms with Crippen LogP contribution in [0.2, 0.25) is 0 Å². The summed E-state index contributed by atoms with van der Waals surface area (Å²) in [6.45, 7) is 4.10. The third-order valence-corrected chi connectivity index (χ3v) is 7.02. The molecule has 10 heteroatoms. The summed E-state index contributed by atoms with van der Waals surface area (Å²) in [7, 11) is -1.23. The Morgan fingerprint density at radius 1 is 1.11 bits per heavy atom. The highest BCUT2D eigenvalue weighted by atomic mass is 32.2. The first-order valence-corrected chi connectivity index (χ1v) is 12.7. The van der Waals surface area contributed by atoms with E-state index in [2.05, 4.69) is 0 Å². The fourth-order valence-electron chi connectivity index (χ4n) is 3.83. The number of aliphatic hydroxyl groups is 1. The number of cyclic esters (lactones) is 1. The van der Waals surface area contributed by atoms with Crippen LogP contribution >= 0.6 is 0 Å². The van der Waals surface area contributed by atoms with Gasteiger partial charge in [-0.2, -0.15) is 12.7 Å². The largest absolute Gasteiger partial charge is 0.510 e. The molecule has 0 amide bonds. The minimum atomic E-state index is -3.95. The summed E-state index contributed by atoms with van der Waals surface area (Å²) in [4.78, 5) is 14.7. The van der Waals surface area contributed by atoms with Crippen molar-refractivity contribution < 1.29 is 32.3 Å². The smallest absolute Gasteiger partial charge is 0.384 e. The van der Waals surface area contributed by atoms with E-state index in [4.69, 9.17) is 8.92 Å². The molecule has 9 nitrogen and oxygen atoms in total. The first-order valence-electron chi connectivity index (χ1n) is 11.4. The van der Waals surface area contributed by atoms with Gasteiger partial charge in [-0.15, -0.1) is 0 Å². The second-order valence-electron chi connectivity index (χ2n) is 8.95. The van der Waals surface area contributed by atoms with Crippen LogP contribution in [0.25, 0.3) is 0 Å². The van der Waals surface area contributed by atoms with Crippen molar-refractivity contribution in [1.82, 2.24) is 4.31 Å². The molecule has 3 rings (SSSR count). The normalized spacial score (nSPS) is 18.5. The van der Waals surface area contributed by atoms with Gasteiger partial charge in [-0.1, -0.05) is 25.1 Å². The Morgan fingerprint density at radius 2 is 1.80 bits per heavy atom. The Hall–Kier alpha value is -3.24. The number of hydrogen-bond donors (Lipinski definition) is 2. The molecule has 1 unspecified atom stereocenters. The zero-order valence-corrected chi connectivity index (χ0v) is 21.2. The molecule has 2 N–H and O–H groups in total. The summed E-state index contributed by atoms with van der Waals surface area (Å²) >= 11 is 0. The van der Waals surface area contributed by atoms with E-state index in [1.54, 1.807) is 48.2 Å². The van der Waals surface area contributed by atoms with Crippen LogP contribution < -0.4 is 9.08 Å². The zero-order chi connectivity index (χ0) is 25.8. The molecule has 0 fully saturated rings. The Bertz CT molecular complexity index is 1190. The fraction of sp³-hybridized carbons (Fsp3) is 0.400. The van der Waals surface area contributed by atoms with E-state index in [9.17, 15) is 23.4 Å². The van der Waals surface area contributed by atoms with Gasteiger partial charge >= 0.3 is 16.3 Å². The Morgan fingerprint density at radius 3 is 2.40 bits per heavy atom. The molecule has 1 aliphatic heterocycles. The maximum absolute atomic E-state index is 13.1. The molecule has 35 heavy (non-hydrogen) atoms. The quantitative estimate of drug-likeness (QED) is 0.468. The number of aliphatic hydroxyl groups excluding tert-OH is 1. The Labute approximate surface area is 206 Å². The van der Waals surface area contributed by atoms with Crippen LogP contribution in [0.4, 0.5) is 5.69 Å². The van der Waals surface area contributed by atoms with E-state index < -0.39 is 21.9 Å². The van der Waals surface area contributed by atoms with Crippen LogP contribution in [0.15, 0.2) is 60.0 Å². The highest BCUT2D eigenvalue weighted by molar-refractivity contribution is 7.84. The lowest BCUT2D eigenvalue weighted by Gasteiger charge is -2.37. The van der Waals surface area contributed by atoms with Crippen LogP contribution in [-0.4, -0.2) is 55.1 Å². The van der Waals surface area contributed by atoms with Crippen LogP contribution in [0.3, 0.4) is 0 Å². The number of phenolic OH excluding ortho intramolecular Hbond substituents is 1. The number of esters is 1. The molecule has 1 heterocycles. The van der Waals surface area contributed by atoms with Crippen molar-refractivity contribution in [3.05, 3.63) is 65.6 Å². The molecule has 0 spiro atoms. The van der Waals surface area contributed by atoms with Gasteiger partial charge in [-0.25, -0.2) is 4.79 Å². The lowest BCUT2D eigenvalue weighted by molar-refractivity contribution is -0.157. The molecule has 2 aromatic rings. The minimum Gasteiger partial charge on any atom is -0.510 e. The molecule has 0 saturated carbocycles. The van der Waals surface area contributed by atoms with Gasteiger partial charge in [-0.05, 0) is 56.0 Å². The van der Waals surface area contributed by atoms with Crippen LogP contribution in [0.1, 0.15) is 38.7 Å². The SMILES string of the molecule is CCCN(C1=C(O)CC(C)(CCc2ccc(O)cc2)OC1=O)c1cccc(OS(=O)(=O)N(C)C)c1. The second-order valence-corrected chi connectivity index (χ2v) is 10.7. The van der Waals surface area contributed by atoms with Crippen molar-refractivity contribution >= 4 is 22.0 Å². The summed E-state index contributed by atoms with van der Waals surface area (Å²) in [5.41, 5.74) is 0.600. The van der Waals surface area contributed by atoms with Crippen molar-refractivity contribution in [3.63, 3.8) is 0 Å². The molecule has 1 atom stereocenters. The average molecular weight is 505 g/mol. The third kappa shape index (κ3) is 6.46. The maximum atomic E-state index is 13.1. The van der Waals surface area contributed by atoms with Gasteiger partial charge in [0.15, 0.2) is 5.70 Å². The topological polar surface area (TPSA) is 117 Å². The first-order chi connectivity index (χ1) is 16.4. The number of nitrogens with zero attached hydrogens (tertiary/aromatic N) is 2. The van der Waals surface area contributed by atoms with Crippen molar-refractivity contribution in [2.24, 2.45) is 0 Å². The zero-order valence-electron chi connectivity index (χ0n) is 20.4. The highest BCUT2D eigenvalue weighted by Gasteiger charge is 2.40. The molecule has 0 saturated heterocycles. The van der Waals surface area contributed by atoms with Crippen molar-refractivity contribution in [3.8, 4) is 11.5 Å². The molecule has 0 aliphatic carbocycles. The summed E-state index contributed by atoms with van der Waals surface area (Å²) in [6, 6.07) is 13.1. The van der Waals surface area contributed by atoms with E-state index in [1.807, 2.05) is 6.92 Å². The van der Waals surface area contributed by atoms with E-state index in [-0.39, 0.29) is 29.4 Å². The number of phenols is 1. The van der Waals surface area contributed by atoms with Gasteiger partial charge in [0.2, 0.25) is 0 Å². The summed E-state index contributed by atoms with van der Waals surface area (Å²) in [6.07, 6.45) is 1.88. The number of ether oxygens (including phenoxy) is 1. The van der Waals surface area contributed by atoms with E-state index in [0.717, 1.165) is 9.87 Å². The third-order valence-electron chi connectivity index (χ3n) is 5.72. The predicted octanol–water partition coefficient (Wildman–Crippen LogP) is 3.90. The number of hydrogen-bond acceptors (Lipinski definition) is 8. The number of aromatic hydroxyl groups is 1. The number of anilines is 1. The van der Waals surface area contributed by atoms with Crippen LogP contribution in [0.5, 0.6) is 11.5 Å². The van der Waals surface area contributed by atoms with Gasteiger partial charge in [0, 0.05) is 38.8 Å². The number of carbonyl (C=O) groups is 1. The monoisotopic (exact) mass is 504 g/mol. The fourth-order valence-corrected chi connectivity index (χ4v) is 4.33. The molecule has 0 bridgehead atoms. The lowest BCUT2D eigenvalue weighted by atomic mass is 9.90. The van der Waals surface area contributed by atoms with Gasteiger partial charge in [0.05, 0.1) is 0 Å². The minimum absolute atomic E-state index is 0.0292. The molecule has 0 aromatic heterocycles. The Kier molecular flexibility index (Phi) is 7.97. The summed E-state index contributed by atoms with van der Waals surface area (Å²) in [5, 5.41) is 20.4. The second kappa shape index (κ2) is 10.6. The average Bonchev–Trinajstić information content (AvgIpc) is 2.77. The van der Waals surface area contributed by atoms with Gasteiger partial charge in [0.1, 0.15) is 22.9 Å². The molecule has 1 aliphatic rings. The van der Waals surface area contributed by atoms with E-state index in [0.29, 0.717) is 31.5 Å². The standard InChI is InChI=1S/C25H32N2O7S/c1-5-15-27(19-7-6-8-21(16-19)34-35(31,32)26(3)4)23-22(29)17-25(2,33-24(23)30)14-13-18-9-11-20(28)12-10-18/h6-12,16,28-29H,5,13-15,17H2,1-4H3. The van der Waals surface area contributed by atoms with Crippen LogP contribution in [-0.2, 0) is 26.3 Å². The highest BCUT2D eigenvalue weighted by Crippen LogP contribution is 2.36. The van der Waals surface area contributed by atoms with Crippen molar-refractivity contribution in [2.75, 3.05) is 25.5 Å². The number of benzene rings is 2. The summed E-state index contributed by atoms with van der Waals surface area (Å²) in [5.74, 6) is -0.475.